The molecule has 0 spiro atoms. The van der Waals surface area contributed by atoms with Gasteiger partial charge in [-0.1, -0.05) is 30.3 Å². The number of allylic oxidation sites excluding steroid dienone is 1. The molecule has 0 amide bonds. The minimum Gasteiger partial charge on any atom is -0.458 e. The highest BCUT2D eigenvalue weighted by atomic mass is 16.5. The van der Waals surface area contributed by atoms with Gasteiger partial charge in [0, 0.05) is 6.92 Å². The Labute approximate surface area is 102 Å². The van der Waals surface area contributed by atoms with Gasteiger partial charge in [0.1, 0.15) is 6.10 Å². The number of rotatable bonds is 2. The molecule has 0 saturated heterocycles. The Morgan fingerprint density at radius 3 is 2.65 bits per heavy atom. The molecular weight excluding hydrogens is 212 g/mol. The van der Waals surface area contributed by atoms with E-state index in [-0.39, 0.29) is 12.1 Å². The summed E-state index contributed by atoms with van der Waals surface area (Å²) in [5, 5.41) is 0. The van der Waals surface area contributed by atoms with Crippen LogP contribution in [0.3, 0.4) is 0 Å². The largest absolute Gasteiger partial charge is 0.458 e. The summed E-state index contributed by atoms with van der Waals surface area (Å²) < 4.78 is 5.36. The number of hydrogen-bond donors (Lipinski definition) is 0. The normalized spacial score (nSPS) is 20.2. The first kappa shape index (κ1) is 11.9. The fourth-order valence-electron chi connectivity index (χ4n) is 2.43. The highest BCUT2D eigenvalue weighted by molar-refractivity contribution is 5.71. The van der Waals surface area contributed by atoms with E-state index in [0.29, 0.717) is 0 Å². The molecule has 0 aliphatic heterocycles. The third-order valence-electron chi connectivity index (χ3n) is 3.28. The zero-order chi connectivity index (χ0) is 12.3. The van der Waals surface area contributed by atoms with Crippen LogP contribution in [-0.2, 0) is 9.53 Å². The van der Waals surface area contributed by atoms with Crippen LogP contribution in [0.25, 0.3) is 5.57 Å². The second kappa shape index (κ2) is 5.17. The van der Waals surface area contributed by atoms with Crippen LogP contribution >= 0.6 is 0 Å². The lowest BCUT2D eigenvalue weighted by molar-refractivity contribution is -0.145. The van der Waals surface area contributed by atoms with E-state index in [1.54, 1.807) is 0 Å². The number of carbonyl (C=O) groups is 1. The molecule has 1 aliphatic carbocycles. The molecule has 1 atom stereocenters. The van der Waals surface area contributed by atoms with E-state index in [1.165, 1.54) is 23.6 Å². The SMILES string of the molecule is CC(=O)OC1CCCC(c2ccccc2)=C1C. The molecule has 0 heterocycles. The Morgan fingerprint density at radius 2 is 2.00 bits per heavy atom. The van der Waals surface area contributed by atoms with E-state index < -0.39 is 0 Å². The second-order valence-corrected chi connectivity index (χ2v) is 4.52. The first-order valence-electron chi connectivity index (χ1n) is 6.11. The highest BCUT2D eigenvalue weighted by Gasteiger charge is 2.22. The fourth-order valence-corrected chi connectivity index (χ4v) is 2.43. The van der Waals surface area contributed by atoms with Crippen molar-refractivity contribution in [3.8, 4) is 0 Å². The predicted molar refractivity (Wildman–Crippen MR) is 68.4 cm³/mol. The van der Waals surface area contributed by atoms with Gasteiger partial charge in [-0.3, -0.25) is 4.79 Å². The van der Waals surface area contributed by atoms with Crippen LogP contribution in [0.15, 0.2) is 35.9 Å². The molecule has 0 fully saturated rings. The number of esters is 1. The van der Waals surface area contributed by atoms with Gasteiger partial charge in [0.25, 0.3) is 0 Å². The van der Waals surface area contributed by atoms with Crippen molar-refractivity contribution in [3.05, 3.63) is 41.5 Å². The number of benzene rings is 1. The molecule has 0 aromatic heterocycles. The molecule has 0 N–H and O–H groups in total. The molecule has 90 valence electrons. The van der Waals surface area contributed by atoms with Gasteiger partial charge >= 0.3 is 5.97 Å². The molecular formula is C15H18O2. The first-order chi connectivity index (χ1) is 8.18. The topological polar surface area (TPSA) is 26.3 Å². The third kappa shape index (κ3) is 2.76. The quantitative estimate of drug-likeness (QED) is 0.726. The standard InChI is InChI=1S/C15H18O2/c1-11-14(13-7-4-3-5-8-13)9-6-10-15(11)17-12(2)16/h3-5,7-8,15H,6,9-10H2,1-2H3. The molecule has 1 aromatic rings. The first-order valence-corrected chi connectivity index (χ1v) is 6.11. The van der Waals surface area contributed by atoms with Gasteiger partial charge in [0.15, 0.2) is 0 Å². The molecule has 2 nitrogen and oxygen atoms in total. The Kier molecular flexibility index (Phi) is 3.62. The van der Waals surface area contributed by atoms with Gasteiger partial charge in [-0.2, -0.15) is 0 Å². The van der Waals surface area contributed by atoms with Crippen molar-refractivity contribution < 1.29 is 9.53 Å². The zero-order valence-corrected chi connectivity index (χ0v) is 10.4. The Morgan fingerprint density at radius 1 is 1.29 bits per heavy atom. The maximum atomic E-state index is 11.1. The highest BCUT2D eigenvalue weighted by Crippen LogP contribution is 2.33. The predicted octanol–water partition coefficient (Wildman–Crippen LogP) is 3.58. The van der Waals surface area contributed by atoms with Gasteiger partial charge in [-0.25, -0.2) is 0 Å². The summed E-state index contributed by atoms with van der Waals surface area (Å²) >= 11 is 0. The molecule has 17 heavy (non-hydrogen) atoms. The van der Waals surface area contributed by atoms with Crippen molar-refractivity contribution in [2.24, 2.45) is 0 Å². The molecule has 0 radical (unpaired) electrons. The summed E-state index contributed by atoms with van der Waals surface area (Å²) in [5.74, 6) is -0.191. The number of hydrogen-bond acceptors (Lipinski definition) is 2. The van der Waals surface area contributed by atoms with Crippen molar-refractivity contribution >= 4 is 11.5 Å². The minimum absolute atomic E-state index is 0.0311. The molecule has 0 bridgehead atoms. The van der Waals surface area contributed by atoms with Crippen LogP contribution in [-0.4, -0.2) is 12.1 Å². The maximum absolute atomic E-state index is 11.1. The van der Waals surface area contributed by atoms with Gasteiger partial charge in [-0.15, -0.1) is 0 Å². The summed E-state index contributed by atoms with van der Waals surface area (Å²) in [7, 11) is 0. The summed E-state index contributed by atoms with van der Waals surface area (Å²) in [6.07, 6.45) is 3.07. The van der Waals surface area contributed by atoms with Crippen molar-refractivity contribution in [1.82, 2.24) is 0 Å². The monoisotopic (exact) mass is 230 g/mol. The fraction of sp³-hybridized carbons (Fsp3) is 0.400. The number of carbonyl (C=O) groups excluding carboxylic acids is 1. The van der Waals surface area contributed by atoms with Gasteiger partial charge in [-0.05, 0) is 42.9 Å². The van der Waals surface area contributed by atoms with Crippen LogP contribution in [0.5, 0.6) is 0 Å². The van der Waals surface area contributed by atoms with E-state index in [2.05, 4.69) is 19.1 Å². The van der Waals surface area contributed by atoms with Crippen LogP contribution in [0, 0.1) is 0 Å². The lowest BCUT2D eigenvalue weighted by Gasteiger charge is -2.26. The molecule has 1 aliphatic rings. The summed E-state index contributed by atoms with van der Waals surface area (Å²) in [4.78, 5) is 11.1. The number of ether oxygens (including phenoxy) is 1. The Hall–Kier alpha value is -1.57. The second-order valence-electron chi connectivity index (χ2n) is 4.52. The van der Waals surface area contributed by atoms with Crippen LogP contribution in [0.4, 0.5) is 0 Å². The van der Waals surface area contributed by atoms with Crippen LogP contribution in [0.2, 0.25) is 0 Å². The molecule has 1 aromatic carbocycles. The lowest BCUT2D eigenvalue weighted by Crippen LogP contribution is -2.21. The molecule has 0 saturated carbocycles. The zero-order valence-electron chi connectivity index (χ0n) is 10.4. The smallest absolute Gasteiger partial charge is 0.303 e. The van der Waals surface area contributed by atoms with E-state index >= 15 is 0 Å². The molecule has 2 rings (SSSR count). The Balaban J connectivity index is 2.29. The van der Waals surface area contributed by atoms with Crippen LogP contribution < -0.4 is 0 Å². The lowest BCUT2D eigenvalue weighted by atomic mass is 9.86. The third-order valence-corrected chi connectivity index (χ3v) is 3.28. The molecule has 2 heteroatoms. The van der Waals surface area contributed by atoms with Crippen LogP contribution in [0.1, 0.15) is 38.7 Å². The molecule has 1 unspecified atom stereocenters. The van der Waals surface area contributed by atoms with E-state index in [1.807, 2.05) is 18.2 Å². The van der Waals surface area contributed by atoms with Gasteiger partial charge in [0.2, 0.25) is 0 Å². The minimum atomic E-state index is -0.191. The van der Waals surface area contributed by atoms with Gasteiger partial charge in [0.05, 0.1) is 0 Å². The van der Waals surface area contributed by atoms with Crippen molar-refractivity contribution in [2.75, 3.05) is 0 Å². The average Bonchev–Trinajstić information content (AvgIpc) is 2.32. The summed E-state index contributed by atoms with van der Waals surface area (Å²) in [5.41, 5.74) is 3.79. The maximum Gasteiger partial charge on any atom is 0.303 e. The van der Waals surface area contributed by atoms with Gasteiger partial charge < -0.3 is 4.74 Å². The van der Waals surface area contributed by atoms with E-state index in [0.717, 1.165) is 19.3 Å². The van der Waals surface area contributed by atoms with Crippen molar-refractivity contribution in [3.63, 3.8) is 0 Å². The average molecular weight is 230 g/mol. The summed E-state index contributed by atoms with van der Waals surface area (Å²) in [6.45, 7) is 3.55. The van der Waals surface area contributed by atoms with E-state index in [9.17, 15) is 4.79 Å². The Bertz CT molecular complexity index is 431. The van der Waals surface area contributed by atoms with Crippen molar-refractivity contribution in [1.29, 1.82) is 0 Å². The summed E-state index contributed by atoms with van der Waals surface area (Å²) in [6, 6.07) is 10.4. The van der Waals surface area contributed by atoms with E-state index in [4.69, 9.17) is 4.74 Å². The van der Waals surface area contributed by atoms with Crippen molar-refractivity contribution in [2.45, 2.75) is 39.2 Å².